The van der Waals surface area contributed by atoms with Gasteiger partial charge in [-0.3, -0.25) is 4.55 Å². The summed E-state index contributed by atoms with van der Waals surface area (Å²) in [4.78, 5) is 22.2. The van der Waals surface area contributed by atoms with E-state index in [9.17, 15) is 9.00 Å². The number of amides is 1. The molecule has 2 aliphatic heterocycles. The number of hydrogen-bond acceptors (Lipinski definition) is 7. The molecule has 30 heavy (non-hydrogen) atoms. The van der Waals surface area contributed by atoms with Crippen molar-refractivity contribution in [2.45, 2.75) is 64.8 Å². The Morgan fingerprint density at radius 3 is 2.03 bits per heavy atom. The average molecular weight is 443 g/mol. The van der Waals surface area contributed by atoms with Crippen LogP contribution in [0.2, 0.25) is 0 Å². The lowest BCUT2D eigenvalue weighted by Gasteiger charge is -2.32. The number of ether oxygens (including phenoxy) is 3. The number of carbonyl (C=O) groups is 1. The van der Waals surface area contributed by atoms with Gasteiger partial charge in [-0.25, -0.2) is 23.3 Å². The van der Waals surface area contributed by atoms with Gasteiger partial charge in [-0.2, -0.15) is 0 Å². The van der Waals surface area contributed by atoms with Crippen molar-refractivity contribution < 1.29 is 27.8 Å². The molecule has 1 aromatic rings. The highest BCUT2D eigenvalue weighted by Crippen LogP contribution is 2.28. The van der Waals surface area contributed by atoms with Crippen molar-refractivity contribution in [2.75, 3.05) is 26.2 Å². The first kappa shape index (κ1) is 22.7. The van der Waals surface area contributed by atoms with Gasteiger partial charge in [-0.05, 0) is 33.6 Å². The SMILES string of the molecule is Cc1c(OC2CCN(C(=O)OC(C)C)CC2)ncnc1OC1CCN(S(=O)O)CC1. The normalized spacial score (nSPS) is 20.2. The molecule has 0 radical (unpaired) electrons. The molecule has 1 amide bonds. The Bertz CT molecular complexity index is 749. The van der Waals surface area contributed by atoms with Crippen molar-refractivity contribution in [1.82, 2.24) is 19.2 Å². The minimum absolute atomic E-state index is 0.0441. The van der Waals surface area contributed by atoms with Crippen molar-refractivity contribution in [3.8, 4) is 11.8 Å². The molecule has 0 spiro atoms. The summed E-state index contributed by atoms with van der Waals surface area (Å²) in [6.45, 7) is 7.68. The summed E-state index contributed by atoms with van der Waals surface area (Å²) in [5.74, 6) is 0.957. The van der Waals surface area contributed by atoms with Gasteiger partial charge in [0, 0.05) is 39.0 Å². The van der Waals surface area contributed by atoms with Crippen LogP contribution in [-0.2, 0) is 16.0 Å². The van der Waals surface area contributed by atoms with Gasteiger partial charge in [0.15, 0.2) is 0 Å². The lowest BCUT2D eigenvalue weighted by molar-refractivity contribution is 0.0503. The van der Waals surface area contributed by atoms with Crippen LogP contribution in [-0.4, -0.2) is 78.5 Å². The number of aromatic nitrogens is 2. The van der Waals surface area contributed by atoms with E-state index in [2.05, 4.69) is 9.97 Å². The molecule has 1 unspecified atom stereocenters. The van der Waals surface area contributed by atoms with Crippen LogP contribution in [0.1, 0.15) is 45.1 Å². The molecule has 11 heteroatoms. The minimum atomic E-state index is -1.93. The first-order valence-electron chi connectivity index (χ1n) is 10.3. The van der Waals surface area contributed by atoms with E-state index < -0.39 is 11.3 Å². The fraction of sp³-hybridized carbons (Fsp3) is 0.737. The molecule has 2 aliphatic rings. The maximum Gasteiger partial charge on any atom is 0.410 e. The Labute approximate surface area is 179 Å². The molecule has 0 aromatic carbocycles. The fourth-order valence-corrected chi connectivity index (χ4v) is 4.03. The van der Waals surface area contributed by atoms with Gasteiger partial charge in [0.2, 0.25) is 23.0 Å². The monoisotopic (exact) mass is 442 g/mol. The molecule has 1 atom stereocenters. The summed E-state index contributed by atoms with van der Waals surface area (Å²) in [7, 11) is 0. The Morgan fingerprint density at radius 1 is 1.07 bits per heavy atom. The van der Waals surface area contributed by atoms with Gasteiger partial charge in [0.25, 0.3) is 0 Å². The van der Waals surface area contributed by atoms with Crippen LogP contribution in [0.25, 0.3) is 0 Å². The van der Waals surface area contributed by atoms with E-state index in [4.69, 9.17) is 18.8 Å². The average Bonchev–Trinajstić information content (AvgIpc) is 2.71. The molecule has 3 rings (SSSR count). The van der Waals surface area contributed by atoms with Crippen LogP contribution >= 0.6 is 0 Å². The number of nitrogens with zero attached hydrogens (tertiary/aromatic N) is 4. The van der Waals surface area contributed by atoms with Crippen LogP contribution in [0.3, 0.4) is 0 Å². The van der Waals surface area contributed by atoms with E-state index in [0.29, 0.717) is 63.6 Å². The van der Waals surface area contributed by atoms with E-state index >= 15 is 0 Å². The zero-order valence-electron chi connectivity index (χ0n) is 17.7. The molecule has 1 aromatic heterocycles. The van der Waals surface area contributed by atoms with Crippen LogP contribution in [0, 0.1) is 6.92 Å². The van der Waals surface area contributed by atoms with Crippen molar-refractivity contribution in [2.24, 2.45) is 0 Å². The van der Waals surface area contributed by atoms with Crippen molar-refractivity contribution >= 4 is 17.4 Å². The molecular formula is C19H30N4O6S. The topological polar surface area (TPSA) is 114 Å². The quantitative estimate of drug-likeness (QED) is 0.667. The third kappa shape index (κ3) is 6.02. The number of carbonyl (C=O) groups excluding carboxylic acids is 1. The molecule has 168 valence electrons. The maximum absolute atomic E-state index is 12.0. The van der Waals surface area contributed by atoms with E-state index in [-0.39, 0.29) is 24.4 Å². The number of piperidine rings is 2. The second-order valence-corrected chi connectivity index (χ2v) is 8.80. The van der Waals surface area contributed by atoms with E-state index in [1.807, 2.05) is 20.8 Å². The lowest BCUT2D eigenvalue weighted by Crippen LogP contribution is -2.42. The second-order valence-electron chi connectivity index (χ2n) is 7.82. The van der Waals surface area contributed by atoms with Gasteiger partial charge < -0.3 is 19.1 Å². The highest BCUT2D eigenvalue weighted by Gasteiger charge is 2.28. The third-order valence-corrected chi connectivity index (χ3v) is 6.01. The van der Waals surface area contributed by atoms with Gasteiger partial charge in [0.1, 0.15) is 18.5 Å². The Balaban J connectivity index is 1.52. The summed E-state index contributed by atoms with van der Waals surface area (Å²) in [6.07, 6.45) is 3.59. The standard InChI is InChI=1S/C19H30N4O6S/c1-13(2)27-19(24)22-8-4-15(5-9-22)28-17-14(3)18(21-12-20-17)29-16-6-10-23(11-7-16)30(25)26/h12-13,15-16H,4-11H2,1-3H3,(H,25,26). The molecule has 1 N–H and O–H groups in total. The maximum atomic E-state index is 12.0. The van der Waals surface area contributed by atoms with E-state index in [1.165, 1.54) is 10.6 Å². The number of rotatable bonds is 6. The van der Waals surface area contributed by atoms with Crippen molar-refractivity contribution in [1.29, 1.82) is 0 Å². The Morgan fingerprint density at radius 2 is 1.57 bits per heavy atom. The molecule has 0 saturated carbocycles. The minimum Gasteiger partial charge on any atom is -0.474 e. The molecule has 2 saturated heterocycles. The van der Waals surface area contributed by atoms with Crippen LogP contribution in [0.5, 0.6) is 11.8 Å². The zero-order valence-corrected chi connectivity index (χ0v) is 18.5. The van der Waals surface area contributed by atoms with Crippen LogP contribution in [0.4, 0.5) is 4.79 Å². The van der Waals surface area contributed by atoms with Gasteiger partial charge >= 0.3 is 6.09 Å². The summed E-state index contributed by atoms with van der Waals surface area (Å²) in [5.41, 5.74) is 0.729. The predicted molar refractivity (Wildman–Crippen MR) is 110 cm³/mol. The molecule has 0 bridgehead atoms. The largest absolute Gasteiger partial charge is 0.474 e. The Hall–Kier alpha value is -1.98. The number of hydrogen-bond donors (Lipinski definition) is 1. The van der Waals surface area contributed by atoms with Crippen molar-refractivity contribution in [3.05, 3.63) is 11.9 Å². The predicted octanol–water partition coefficient (Wildman–Crippen LogP) is 2.15. The smallest absolute Gasteiger partial charge is 0.410 e. The first-order chi connectivity index (χ1) is 14.3. The molecule has 3 heterocycles. The molecule has 0 aliphatic carbocycles. The second kappa shape index (κ2) is 10.4. The van der Waals surface area contributed by atoms with Gasteiger partial charge in [-0.1, -0.05) is 0 Å². The molecule has 10 nitrogen and oxygen atoms in total. The van der Waals surface area contributed by atoms with E-state index in [0.717, 1.165) is 5.56 Å². The zero-order chi connectivity index (χ0) is 21.7. The van der Waals surface area contributed by atoms with Gasteiger partial charge in [-0.15, -0.1) is 0 Å². The van der Waals surface area contributed by atoms with Gasteiger partial charge in [0.05, 0.1) is 11.7 Å². The van der Waals surface area contributed by atoms with E-state index in [1.54, 1.807) is 4.90 Å². The fourth-order valence-electron chi connectivity index (χ4n) is 3.51. The highest BCUT2D eigenvalue weighted by atomic mass is 32.2. The summed E-state index contributed by atoms with van der Waals surface area (Å²) >= 11 is -1.93. The number of likely N-dealkylation sites (tertiary alicyclic amines) is 1. The Kier molecular flexibility index (Phi) is 7.84. The molecular weight excluding hydrogens is 412 g/mol. The summed E-state index contributed by atoms with van der Waals surface area (Å²) < 4.78 is 39.2. The van der Waals surface area contributed by atoms with Crippen molar-refractivity contribution in [3.63, 3.8) is 0 Å². The summed E-state index contributed by atoms with van der Waals surface area (Å²) in [6, 6.07) is 0. The first-order valence-corrected chi connectivity index (χ1v) is 11.4. The molecule has 2 fully saturated rings. The highest BCUT2D eigenvalue weighted by molar-refractivity contribution is 7.76. The lowest BCUT2D eigenvalue weighted by atomic mass is 10.1. The summed E-state index contributed by atoms with van der Waals surface area (Å²) in [5, 5.41) is 0. The van der Waals surface area contributed by atoms with Crippen LogP contribution in [0.15, 0.2) is 6.33 Å². The third-order valence-electron chi connectivity index (χ3n) is 5.21. The van der Waals surface area contributed by atoms with Crippen LogP contribution < -0.4 is 9.47 Å².